The molecule has 0 radical (unpaired) electrons. The maximum absolute atomic E-state index is 12.0. The van der Waals surface area contributed by atoms with Gasteiger partial charge in [-0.15, -0.1) is 0 Å². The van der Waals surface area contributed by atoms with Crippen LogP contribution in [-0.2, 0) is 0 Å². The van der Waals surface area contributed by atoms with Gasteiger partial charge in [0.05, 0.1) is 6.42 Å². The summed E-state index contributed by atoms with van der Waals surface area (Å²) in [5.41, 5.74) is 0. The predicted molar refractivity (Wildman–Crippen MR) is 58.9 cm³/mol. The fourth-order valence-electron chi connectivity index (χ4n) is 1.15. The Hall–Kier alpha value is -1.97. The van der Waals surface area contributed by atoms with Gasteiger partial charge in [0.15, 0.2) is 0 Å². The quantitative estimate of drug-likeness (QED) is 0.919. The molecule has 0 unspecified atom stereocenters. The van der Waals surface area contributed by atoms with E-state index in [2.05, 4.69) is 30.4 Å². The largest absolute Gasteiger partial charge is 0.390 e. The zero-order valence-electron chi connectivity index (χ0n) is 9.26. The molecule has 0 amide bonds. The van der Waals surface area contributed by atoms with Crippen LogP contribution in [0.2, 0.25) is 5.28 Å². The number of rotatable bonds is 4. The summed E-state index contributed by atoms with van der Waals surface area (Å²) in [5.74, 6) is 0.00163. The first kappa shape index (κ1) is 13.5. The van der Waals surface area contributed by atoms with Crippen LogP contribution in [-0.4, -0.2) is 42.4 Å². The Morgan fingerprint density at radius 3 is 2.68 bits per heavy atom. The van der Waals surface area contributed by atoms with E-state index < -0.39 is 12.6 Å². The number of hydrogen-bond acceptors (Lipinski definition) is 6. The minimum absolute atomic E-state index is 0.0604. The van der Waals surface area contributed by atoms with Gasteiger partial charge in [0.2, 0.25) is 11.2 Å². The van der Waals surface area contributed by atoms with Gasteiger partial charge < -0.3 is 5.32 Å². The monoisotopic (exact) mass is 293 g/mol. The summed E-state index contributed by atoms with van der Waals surface area (Å²) in [5, 5.41) is 6.03. The van der Waals surface area contributed by atoms with E-state index in [-0.39, 0.29) is 23.7 Å². The lowest BCUT2D eigenvalue weighted by molar-refractivity contribution is -0.131. The second-order valence-electron chi connectivity index (χ2n) is 3.36. The number of nitrogens with one attached hydrogen (secondary N) is 1. The van der Waals surface area contributed by atoms with E-state index in [1.165, 1.54) is 17.3 Å². The Kier molecular flexibility index (Phi) is 3.79. The molecule has 102 valence electrons. The molecule has 0 aliphatic rings. The minimum atomic E-state index is -4.25. The highest BCUT2D eigenvalue weighted by Crippen LogP contribution is 2.19. The molecule has 0 aliphatic carbocycles. The number of alkyl halides is 3. The predicted octanol–water partition coefficient (Wildman–Crippen LogP) is 1.47. The molecule has 2 heterocycles. The van der Waals surface area contributed by atoms with Gasteiger partial charge >= 0.3 is 6.18 Å². The first-order valence-corrected chi connectivity index (χ1v) is 5.39. The lowest BCUT2D eigenvalue weighted by Gasteiger charge is -2.08. The van der Waals surface area contributed by atoms with E-state index in [4.69, 9.17) is 11.6 Å². The minimum Gasteiger partial charge on any atom is -0.354 e. The Balaban J connectivity index is 2.09. The maximum Gasteiger partial charge on any atom is 0.390 e. The summed E-state index contributed by atoms with van der Waals surface area (Å²) in [6.07, 6.45) is -2.67. The molecule has 0 aliphatic heterocycles. The van der Waals surface area contributed by atoms with Gasteiger partial charge in [0.1, 0.15) is 12.7 Å². The number of halogens is 4. The molecule has 0 spiro atoms. The number of aromatic nitrogens is 6. The topological polar surface area (TPSA) is 81.4 Å². The summed E-state index contributed by atoms with van der Waals surface area (Å²) >= 11 is 5.65. The van der Waals surface area contributed by atoms with Crippen molar-refractivity contribution in [2.75, 3.05) is 11.9 Å². The summed E-state index contributed by atoms with van der Waals surface area (Å²) < 4.78 is 37.2. The maximum atomic E-state index is 12.0. The van der Waals surface area contributed by atoms with Crippen molar-refractivity contribution in [3.63, 3.8) is 0 Å². The van der Waals surface area contributed by atoms with E-state index in [1.807, 2.05) is 0 Å². The Bertz CT molecular complexity index is 542. The molecule has 11 heteroatoms. The van der Waals surface area contributed by atoms with Crippen LogP contribution in [0.5, 0.6) is 0 Å². The summed E-state index contributed by atoms with van der Waals surface area (Å²) in [6, 6.07) is 0. The van der Waals surface area contributed by atoms with Crippen molar-refractivity contribution < 1.29 is 13.2 Å². The molecular formula is C8H7ClF3N7. The Labute approximate surface area is 109 Å². The van der Waals surface area contributed by atoms with Crippen LogP contribution in [0.1, 0.15) is 6.42 Å². The molecule has 0 fully saturated rings. The zero-order chi connectivity index (χ0) is 13.9. The highest BCUT2D eigenvalue weighted by molar-refractivity contribution is 6.28. The SMILES string of the molecule is FC(F)(F)CCNc1nc(Cl)nc(-n2cncn2)n1. The van der Waals surface area contributed by atoms with Crippen molar-refractivity contribution in [3.05, 3.63) is 17.9 Å². The zero-order valence-corrected chi connectivity index (χ0v) is 10.0. The van der Waals surface area contributed by atoms with E-state index in [0.29, 0.717) is 0 Å². The average Bonchev–Trinajstić information content (AvgIpc) is 2.79. The molecule has 19 heavy (non-hydrogen) atoms. The first-order valence-electron chi connectivity index (χ1n) is 5.01. The van der Waals surface area contributed by atoms with Crippen LogP contribution in [0.25, 0.3) is 5.95 Å². The Morgan fingerprint density at radius 1 is 1.26 bits per heavy atom. The lowest BCUT2D eigenvalue weighted by atomic mass is 10.4. The van der Waals surface area contributed by atoms with Crippen molar-refractivity contribution in [3.8, 4) is 5.95 Å². The molecule has 2 rings (SSSR count). The summed E-state index contributed by atoms with van der Waals surface area (Å²) in [4.78, 5) is 15.0. The van der Waals surface area contributed by atoms with Crippen LogP contribution in [0.4, 0.5) is 19.1 Å². The standard InChI is InChI=1S/C8H7ClF3N7/c9-5-16-6(14-2-1-8(10,11)12)18-7(17-5)19-4-13-3-15-19/h3-4H,1-2H2,(H,14,16,17,18). The van der Waals surface area contributed by atoms with Gasteiger partial charge in [-0.05, 0) is 11.6 Å². The van der Waals surface area contributed by atoms with Crippen molar-refractivity contribution in [1.82, 2.24) is 29.7 Å². The normalized spacial score (nSPS) is 11.6. The second kappa shape index (κ2) is 5.34. The fraction of sp³-hybridized carbons (Fsp3) is 0.375. The molecule has 0 saturated heterocycles. The molecule has 0 aromatic carbocycles. The van der Waals surface area contributed by atoms with Gasteiger partial charge in [-0.25, -0.2) is 4.98 Å². The third-order valence-corrected chi connectivity index (χ3v) is 2.08. The molecule has 0 bridgehead atoms. The van der Waals surface area contributed by atoms with E-state index in [0.717, 1.165) is 0 Å². The van der Waals surface area contributed by atoms with Crippen molar-refractivity contribution in [1.29, 1.82) is 0 Å². The number of hydrogen-bond donors (Lipinski definition) is 1. The molecule has 1 N–H and O–H groups in total. The highest BCUT2D eigenvalue weighted by atomic mass is 35.5. The molecule has 2 aromatic heterocycles. The van der Waals surface area contributed by atoms with E-state index >= 15 is 0 Å². The van der Waals surface area contributed by atoms with Gasteiger partial charge in [-0.2, -0.15) is 37.9 Å². The molecule has 2 aromatic rings. The molecule has 0 saturated carbocycles. The third-order valence-electron chi connectivity index (χ3n) is 1.91. The number of nitrogens with zero attached hydrogens (tertiary/aromatic N) is 6. The van der Waals surface area contributed by atoms with Crippen LogP contribution in [0.3, 0.4) is 0 Å². The summed E-state index contributed by atoms with van der Waals surface area (Å²) in [7, 11) is 0. The van der Waals surface area contributed by atoms with Gasteiger partial charge in [-0.1, -0.05) is 0 Å². The third kappa shape index (κ3) is 4.02. The molecular weight excluding hydrogens is 287 g/mol. The number of anilines is 1. The van der Waals surface area contributed by atoms with Gasteiger partial charge in [-0.3, -0.25) is 0 Å². The highest BCUT2D eigenvalue weighted by Gasteiger charge is 2.26. The molecule has 0 atom stereocenters. The van der Waals surface area contributed by atoms with Crippen LogP contribution < -0.4 is 5.32 Å². The van der Waals surface area contributed by atoms with Crippen LogP contribution in [0, 0.1) is 0 Å². The average molecular weight is 294 g/mol. The fourth-order valence-corrected chi connectivity index (χ4v) is 1.30. The lowest BCUT2D eigenvalue weighted by Crippen LogP contribution is -2.16. The van der Waals surface area contributed by atoms with Gasteiger partial charge in [0.25, 0.3) is 5.95 Å². The smallest absolute Gasteiger partial charge is 0.354 e. The second-order valence-corrected chi connectivity index (χ2v) is 3.70. The summed E-state index contributed by atoms with van der Waals surface area (Å²) in [6.45, 7) is -0.360. The first-order chi connectivity index (χ1) is 8.94. The van der Waals surface area contributed by atoms with Crippen molar-refractivity contribution in [2.24, 2.45) is 0 Å². The van der Waals surface area contributed by atoms with E-state index in [9.17, 15) is 13.2 Å². The van der Waals surface area contributed by atoms with Crippen molar-refractivity contribution >= 4 is 17.5 Å². The van der Waals surface area contributed by atoms with E-state index in [1.54, 1.807) is 0 Å². The Morgan fingerprint density at radius 2 is 2.05 bits per heavy atom. The van der Waals surface area contributed by atoms with Crippen molar-refractivity contribution in [2.45, 2.75) is 12.6 Å². The van der Waals surface area contributed by atoms with Crippen LogP contribution in [0.15, 0.2) is 12.7 Å². The molecule has 7 nitrogen and oxygen atoms in total. The van der Waals surface area contributed by atoms with Gasteiger partial charge in [0, 0.05) is 6.54 Å². The van der Waals surface area contributed by atoms with Crippen LogP contribution >= 0.6 is 11.6 Å².